The number of hydrogen-bond acceptors (Lipinski definition) is 3. The molecule has 0 saturated carbocycles. The number of ether oxygens (including phenoxy) is 1. The SMILES string of the molecule is COc1ccc([C@H]2CC(=O)C3=C(C2)NC(=O)C[C@H]3c2cccc(C)c2)cc1. The van der Waals surface area contributed by atoms with Crippen LogP contribution in [0.15, 0.2) is 59.8 Å². The van der Waals surface area contributed by atoms with Crippen LogP contribution in [0.5, 0.6) is 5.75 Å². The lowest BCUT2D eigenvalue weighted by Crippen LogP contribution is -2.38. The second-order valence-electron chi connectivity index (χ2n) is 7.41. The number of amides is 1. The van der Waals surface area contributed by atoms with Gasteiger partial charge in [0.15, 0.2) is 5.78 Å². The molecule has 1 aliphatic carbocycles. The van der Waals surface area contributed by atoms with Gasteiger partial charge in [0, 0.05) is 30.0 Å². The average Bonchev–Trinajstić information content (AvgIpc) is 2.67. The van der Waals surface area contributed by atoms with Crippen molar-refractivity contribution in [3.05, 3.63) is 76.5 Å². The van der Waals surface area contributed by atoms with Crippen LogP contribution in [-0.4, -0.2) is 18.8 Å². The first-order chi connectivity index (χ1) is 13.0. The van der Waals surface area contributed by atoms with Crippen LogP contribution < -0.4 is 10.1 Å². The molecule has 1 N–H and O–H groups in total. The Bertz CT molecular complexity index is 927. The molecule has 4 heteroatoms. The normalized spacial score (nSPS) is 22.3. The molecule has 0 aromatic heterocycles. The van der Waals surface area contributed by atoms with Crippen molar-refractivity contribution >= 4 is 11.7 Å². The number of methoxy groups -OCH3 is 1. The van der Waals surface area contributed by atoms with Crippen molar-refractivity contribution in [2.24, 2.45) is 0 Å². The summed E-state index contributed by atoms with van der Waals surface area (Å²) in [5.74, 6) is 0.870. The highest BCUT2D eigenvalue weighted by Gasteiger charge is 2.38. The fourth-order valence-corrected chi connectivity index (χ4v) is 4.24. The molecule has 0 saturated heterocycles. The van der Waals surface area contributed by atoms with E-state index in [1.54, 1.807) is 7.11 Å². The first-order valence-electron chi connectivity index (χ1n) is 9.31. The Hall–Kier alpha value is -2.88. The largest absolute Gasteiger partial charge is 0.497 e. The maximum absolute atomic E-state index is 13.1. The van der Waals surface area contributed by atoms with Crippen LogP contribution in [0.4, 0.5) is 0 Å². The number of benzene rings is 2. The molecule has 0 unspecified atom stereocenters. The van der Waals surface area contributed by atoms with Crippen molar-refractivity contribution in [3.8, 4) is 5.75 Å². The van der Waals surface area contributed by atoms with Gasteiger partial charge in [-0.2, -0.15) is 0 Å². The monoisotopic (exact) mass is 361 g/mol. The number of aryl methyl sites for hydroxylation is 1. The Labute approximate surface area is 159 Å². The first-order valence-corrected chi connectivity index (χ1v) is 9.31. The molecule has 4 nitrogen and oxygen atoms in total. The van der Waals surface area contributed by atoms with E-state index in [-0.39, 0.29) is 23.5 Å². The van der Waals surface area contributed by atoms with Crippen LogP contribution in [0.3, 0.4) is 0 Å². The van der Waals surface area contributed by atoms with Gasteiger partial charge in [-0.25, -0.2) is 0 Å². The van der Waals surface area contributed by atoms with E-state index in [0.29, 0.717) is 19.3 Å². The number of carbonyl (C=O) groups excluding carboxylic acids is 2. The Morgan fingerprint density at radius 1 is 0.963 bits per heavy atom. The minimum atomic E-state index is -0.141. The topological polar surface area (TPSA) is 55.4 Å². The summed E-state index contributed by atoms with van der Waals surface area (Å²) in [6.45, 7) is 2.03. The van der Waals surface area contributed by atoms with Gasteiger partial charge in [-0.3, -0.25) is 9.59 Å². The highest BCUT2D eigenvalue weighted by molar-refractivity contribution is 6.02. The quantitative estimate of drug-likeness (QED) is 0.899. The highest BCUT2D eigenvalue weighted by atomic mass is 16.5. The fourth-order valence-electron chi connectivity index (χ4n) is 4.24. The first kappa shape index (κ1) is 17.5. The van der Waals surface area contributed by atoms with Gasteiger partial charge in [-0.15, -0.1) is 0 Å². The number of carbonyl (C=O) groups is 2. The van der Waals surface area contributed by atoms with Crippen molar-refractivity contribution < 1.29 is 14.3 Å². The summed E-state index contributed by atoms with van der Waals surface area (Å²) < 4.78 is 5.22. The molecular weight excluding hydrogens is 338 g/mol. The molecular formula is C23H23NO3. The van der Waals surface area contributed by atoms with E-state index >= 15 is 0 Å². The van der Waals surface area contributed by atoms with Crippen LogP contribution in [0.1, 0.15) is 47.8 Å². The zero-order chi connectivity index (χ0) is 19.0. The summed E-state index contributed by atoms with van der Waals surface area (Å²) in [5.41, 5.74) is 4.89. The number of nitrogens with one attached hydrogen (secondary N) is 1. The predicted molar refractivity (Wildman–Crippen MR) is 104 cm³/mol. The Morgan fingerprint density at radius 2 is 1.74 bits per heavy atom. The molecule has 0 fully saturated rings. The summed E-state index contributed by atoms with van der Waals surface area (Å²) >= 11 is 0. The molecule has 0 bridgehead atoms. The van der Waals surface area contributed by atoms with Gasteiger partial charge >= 0.3 is 0 Å². The highest BCUT2D eigenvalue weighted by Crippen LogP contribution is 2.42. The van der Waals surface area contributed by atoms with E-state index in [4.69, 9.17) is 4.74 Å². The minimum absolute atomic E-state index is 0.0107. The van der Waals surface area contributed by atoms with Gasteiger partial charge in [-0.1, -0.05) is 42.0 Å². The van der Waals surface area contributed by atoms with E-state index in [1.807, 2.05) is 49.4 Å². The summed E-state index contributed by atoms with van der Waals surface area (Å²) in [7, 11) is 1.64. The van der Waals surface area contributed by atoms with E-state index in [1.165, 1.54) is 0 Å². The van der Waals surface area contributed by atoms with E-state index in [0.717, 1.165) is 33.7 Å². The molecule has 2 aliphatic rings. The molecule has 2 aromatic carbocycles. The van der Waals surface area contributed by atoms with Gasteiger partial charge < -0.3 is 10.1 Å². The molecule has 0 radical (unpaired) electrons. The molecule has 27 heavy (non-hydrogen) atoms. The number of hydrogen-bond donors (Lipinski definition) is 1. The third-order valence-electron chi connectivity index (χ3n) is 5.57. The smallest absolute Gasteiger partial charge is 0.225 e. The second kappa shape index (κ2) is 7.03. The number of allylic oxidation sites excluding steroid dienone is 2. The average molecular weight is 361 g/mol. The van der Waals surface area contributed by atoms with Gasteiger partial charge in [0.25, 0.3) is 0 Å². The van der Waals surface area contributed by atoms with Crippen molar-refractivity contribution in [2.75, 3.05) is 7.11 Å². The molecule has 4 rings (SSSR count). The number of rotatable bonds is 3. The molecule has 138 valence electrons. The van der Waals surface area contributed by atoms with Crippen LogP contribution in [0, 0.1) is 6.92 Å². The van der Waals surface area contributed by atoms with Gasteiger partial charge in [-0.05, 0) is 42.5 Å². The van der Waals surface area contributed by atoms with Crippen molar-refractivity contribution in [1.29, 1.82) is 0 Å². The van der Waals surface area contributed by atoms with Crippen molar-refractivity contribution in [3.63, 3.8) is 0 Å². The summed E-state index contributed by atoms with van der Waals surface area (Å²) in [6, 6.07) is 16.0. The summed E-state index contributed by atoms with van der Waals surface area (Å²) in [6.07, 6.45) is 1.49. The maximum atomic E-state index is 13.1. The molecule has 1 heterocycles. The Balaban J connectivity index is 1.68. The zero-order valence-corrected chi connectivity index (χ0v) is 15.6. The van der Waals surface area contributed by atoms with Crippen LogP contribution >= 0.6 is 0 Å². The zero-order valence-electron chi connectivity index (χ0n) is 15.6. The number of Topliss-reactive ketones (excluding diaryl/α,β-unsaturated/α-hetero) is 1. The van der Waals surface area contributed by atoms with Crippen LogP contribution in [0.2, 0.25) is 0 Å². The fraction of sp³-hybridized carbons (Fsp3) is 0.304. The van der Waals surface area contributed by atoms with Crippen molar-refractivity contribution in [1.82, 2.24) is 5.32 Å². The molecule has 2 atom stereocenters. The van der Waals surface area contributed by atoms with Crippen LogP contribution in [-0.2, 0) is 9.59 Å². The van der Waals surface area contributed by atoms with E-state index < -0.39 is 0 Å². The lowest BCUT2D eigenvalue weighted by Gasteiger charge is -2.34. The van der Waals surface area contributed by atoms with E-state index in [9.17, 15) is 9.59 Å². The van der Waals surface area contributed by atoms with E-state index in [2.05, 4.69) is 11.4 Å². The lowest BCUT2D eigenvalue weighted by atomic mass is 9.73. The molecule has 0 spiro atoms. The summed E-state index contributed by atoms with van der Waals surface area (Å²) in [5, 5.41) is 2.98. The Kier molecular flexibility index (Phi) is 4.56. The van der Waals surface area contributed by atoms with Gasteiger partial charge in [0.05, 0.1) is 7.11 Å². The minimum Gasteiger partial charge on any atom is -0.497 e. The van der Waals surface area contributed by atoms with Gasteiger partial charge in [0.1, 0.15) is 5.75 Å². The lowest BCUT2D eigenvalue weighted by molar-refractivity contribution is -0.122. The third kappa shape index (κ3) is 3.39. The van der Waals surface area contributed by atoms with Crippen molar-refractivity contribution in [2.45, 2.75) is 38.0 Å². The second-order valence-corrected chi connectivity index (χ2v) is 7.41. The third-order valence-corrected chi connectivity index (χ3v) is 5.57. The van der Waals surface area contributed by atoms with Crippen LogP contribution in [0.25, 0.3) is 0 Å². The predicted octanol–water partition coefficient (Wildman–Crippen LogP) is 4.01. The molecule has 1 amide bonds. The Morgan fingerprint density at radius 3 is 2.44 bits per heavy atom. The molecule has 2 aromatic rings. The standard InChI is InChI=1S/C23H23NO3/c1-14-4-3-5-16(10-14)19-13-22(26)24-20-11-17(12-21(25)23(19)20)15-6-8-18(27-2)9-7-15/h3-10,17,19H,11-13H2,1-2H3,(H,24,26)/t17-,19+/m1/s1. The molecule has 1 aliphatic heterocycles. The maximum Gasteiger partial charge on any atom is 0.225 e. The summed E-state index contributed by atoms with van der Waals surface area (Å²) in [4.78, 5) is 25.4. The van der Waals surface area contributed by atoms with Gasteiger partial charge in [0.2, 0.25) is 5.91 Å². The number of ketones is 1.